The van der Waals surface area contributed by atoms with Crippen LogP contribution in [0.2, 0.25) is 0 Å². The molecule has 4 rings (SSSR count). The van der Waals surface area contributed by atoms with Gasteiger partial charge in [0.25, 0.3) is 0 Å². The molecule has 1 saturated heterocycles. The molecule has 520 valence electrons. The maximum atomic E-state index is 14.5. The van der Waals surface area contributed by atoms with Gasteiger partial charge >= 0.3 is 11.9 Å². The second-order valence-electron chi connectivity index (χ2n) is 24.5. The van der Waals surface area contributed by atoms with E-state index in [0.29, 0.717) is 24.8 Å². The van der Waals surface area contributed by atoms with Crippen molar-refractivity contribution < 1.29 is 82.0 Å². The normalized spacial score (nSPS) is 22.5. The first-order valence-corrected chi connectivity index (χ1v) is 32.2. The van der Waals surface area contributed by atoms with Gasteiger partial charge in [0.1, 0.15) is 66.0 Å². The zero-order chi connectivity index (χ0) is 70.1. The van der Waals surface area contributed by atoms with E-state index in [1.165, 1.54) is 13.8 Å². The highest BCUT2D eigenvalue weighted by molar-refractivity contribution is 6.01. The zero-order valence-electron chi connectivity index (χ0n) is 55.6. The Morgan fingerprint density at radius 2 is 1.11 bits per heavy atom. The largest absolute Gasteiger partial charge is 0.462 e. The number of aliphatic hydroxyl groups is 2. The average molecular weight is 1320 g/mol. The molecule has 1 spiro atoms. The smallest absolute Gasteiger partial charge is 0.338 e. The van der Waals surface area contributed by atoms with Gasteiger partial charge < -0.3 is 83.9 Å². The number of carbonyl (C=O) groups is 13. The van der Waals surface area contributed by atoms with Gasteiger partial charge in [-0.3, -0.25) is 52.7 Å². The molecule has 2 fully saturated rings. The first-order valence-electron chi connectivity index (χ1n) is 32.2. The molecule has 0 radical (unpaired) electrons. The van der Waals surface area contributed by atoms with Crippen LogP contribution < -0.4 is 64.2 Å². The monoisotopic (exact) mass is 1320 g/mol. The number of esters is 2. The van der Waals surface area contributed by atoms with Crippen molar-refractivity contribution in [1.29, 1.82) is 0 Å². The van der Waals surface area contributed by atoms with Crippen LogP contribution in [0.1, 0.15) is 137 Å². The predicted octanol–water partition coefficient (Wildman–Crippen LogP) is -1.30. The molecule has 2 unspecified atom stereocenters. The van der Waals surface area contributed by atoms with E-state index in [9.17, 15) is 72.5 Å². The van der Waals surface area contributed by atoms with Crippen LogP contribution in [0.3, 0.4) is 0 Å². The molecule has 2 aromatic rings. The Kier molecular flexibility index (Phi) is 30.9. The Bertz CT molecular complexity index is 2960. The summed E-state index contributed by atoms with van der Waals surface area (Å²) in [4.78, 5) is 180. The van der Waals surface area contributed by atoms with Crippen LogP contribution in [0, 0.1) is 29.6 Å². The lowest BCUT2D eigenvalue weighted by Gasteiger charge is -2.31. The lowest BCUT2D eigenvalue weighted by atomic mass is 9.94. The number of hydrogen-bond acceptors (Lipinski definition) is 18. The Balaban J connectivity index is 1.51. The fourth-order valence-electron chi connectivity index (χ4n) is 10.5. The van der Waals surface area contributed by atoms with Crippen molar-refractivity contribution in [3.63, 3.8) is 0 Å². The fourth-order valence-corrected chi connectivity index (χ4v) is 10.5. The van der Waals surface area contributed by atoms with E-state index < -0.39 is 205 Å². The first kappa shape index (κ1) is 77.9. The maximum absolute atomic E-state index is 14.5. The summed E-state index contributed by atoms with van der Waals surface area (Å²) in [6, 6.07) is 2.92. The molecule has 1 saturated carbocycles. The topological polar surface area (TPSA) is 439 Å². The maximum Gasteiger partial charge on any atom is 0.338 e. The minimum absolute atomic E-state index is 0.0925. The van der Waals surface area contributed by atoms with Gasteiger partial charge in [0.2, 0.25) is 65.0 Å². The molecule has 0 aromatic heterocycles. The molecule has 1 heterocycles. The van der Waals surface area contributed by atoms with Crippen LogP contribution in [-0.2, 0) is 73.4 Å². The molecule has 15 N–H and O–H groups in total. The van der Waals surface area contributed by atoms with Gasteiger partial charge in [-0.25, -0.2) is 9.59 Å². The SMILES string of the molecule is CC[C@H](C)[C@H](NC(=O)[C@@H](Cc1ccccc1)NC)C(=O)N[C@@H](CO)C(=O)N[C@H](CCC(N)=O)C(=O)N[C@@H](C(=O)N[C@H](C(=O)N[C@@H](CO)C(=O)N[C@H]1C(=O)N[C@@H](C)C(=O)NC2(CC2CCOC(=O)c2ccccc2)C(=O)N[C@@H]([C@@H](C)CC)C(=O)O[C@H]1C)[C@@H](C)CC)[C@@H](C)CC. The van der Waals surface area contributed by atoms with Crippen LogP contribution in [0.25, 0.3) is 0 Å². The number of cyclic esters (lactones) is 1. The molecular weight excluding hydrogens is 1220 g/mol. The number of carbonyl (C=O) groups excluding carboxylic acids is 13. The van der Waals surface area contributed by atoms with Crippen LogP contribution >= 0.6 is 0 Å². The standard InChI is InChI=1S/C65H98N12O17/c1-12-34(5)48(73-55(83)44(67-11)30-40-22-18-16-19-23-40)58(86)70-45(32-78)56(84)69-43(26-27-47(66)80)54(82)72-50(36(7)14-3)60(88)74-49(35(6)13-2)59(87)71-46(33-79)57(85)75-52-39(10)94-63(91)51(37(8)15-4)76-64(92)65(77-53(81)38(9)68-61(52)89)31-42(65)28-29-93-62(90)41-24-20-17-21-25-41/h16-25,34-39,42-46,48-52,67,78-79H,12-15,26-33H2,1-11H3,(H2,66,80)(H,68,89)(H,69,84)(H,70,86)(H,71,87)(H,72,82)(H,73,83)(H,74,88)(H,75,85)(H,76,92)(H,77,81)/t34-,35-,36-,37-,38-,39-,42?,43+,44+,45-,46-,48-,49-,50+,51-,52+,65?/m0/s1. The third-order valence-electron chi connectivity index (χ3n) is 17.7. The van der Waals surface area contributed by atoms with E-state index in [1.807, 2.05) is 30.3 Å². The lowest BCUT2D eigenvalue weighted by Crippen LogP contribution is -2.63. The summed E-state index contributed by atoms with van der Waals surface area (Å²) >= 11 is 0. The van der Waals surface area contributed by atoms with Crippen molar-refractivity contribution in [2.75, 3.05) is 26.9 Å². The van der Waals surface area contributed by atoms with E-state index in [2.05, 4.69) is 58.5 Å². The van der Waals surface area contributed by atoms with Gasteiger partial charge in [0.05, 0.1) is 31.4 Å². The molecule has 29 heteroatoms. The highest BCUT2D eigenvalue weighted by Gasteiger charge is 2.62. The molecule has 2 aromatic carbocycles. The minimum Gasteiger partial charge on any atom is -0.462 e. The summed E-state index contributed by atoms with van der Waals surface area (Å²) in [5, 5.41) is 49.7. The summed E-state index contributed by atoms with van der Waals surface area (Å²) in [5.41, 5.74) is 5.05. The van der Waals surface area contributed by atoms with Gasteiger partial charge in [-0.2, -0.15) is 0 Å². The zero-order valence-corrected chi connectivity index (χ0v) is 55.6. The second-order valence-corrected chi connectivity index (χ2v) is 24.5. The second kappa shape index (κ2) is 37.4. The van der Waals surface area contributed by atoms with Crippen molar-refractivity contribution in [2.24, 2.45) is 35.3 Å². The van der Waals surface area contributed by atoms with Gasteiger partial charge in [-0.1, -0.05) is 130 Å². The van der Waals surface area contributed by atoms with E-state index in [-0.39, 0.29) is 32.3 Å². The molecule has 11 amide bonds. The molecule has 29 nitrogen and oxygen atoms in total. The molecule has 17 atom stereocenters. The fraction of sp³-hybridized carbons (Fsp3) is 0.615. The van der Waals surface area contributed by atoms with Crippen LogP contribution in [-0.4, -0.2) is 186 Å². The first-order chi connectivity index (χ1) is 44.5. The summed E-state index contributed by atoms with van der Waals surface area (Å²) in [5.74, 6) is -14.5. The van der Waals surface area contributed by atoms with Crippen LogP contribution in [0.15, 0.2) is 60.7 Å². The molecule has 2 aliphatic rings. The summed E-state index contributed by atoms with van der Waals surface area (Å²) < 4.78 is 11.2. The number of amides is 11. The number of nitrogens with one attached hydrogen (secondary N) is 11. The number of aliphatic hydroxyl groups excluding tert-OH is 2. The number of primary amides is 1. The highest BCUT2D eigenvalue weighted by atomic mass is 16.5. The Hall–Kier alpha value is -8.57. The number of rotatable bonds is 34. The summed E-state index contributed by atoms with van der Waals surface area (Å²) in [6.45, 7) is 14.0. The quantitative estimate of drug-likeness (QED) is 0.0362. The number of likely N-dealkylation sites (N-methyl/N-ethyl adjacent to an activating group) is 1. The number of benzene rings is 2. The summed E-state index contributed by atoms with van der Waals surface area (Å²) in [6.07, 6.45) is -0.592. The third kappa shape index (κ3) is 22.0. The predicted molar refractivity (Wildman–Crippen MR) is 342 cm³/mol. The third-order valence-corrected chi connectivity index (χ3v) is 17.7. The van der Waals surface area contributed by atoms with Crippen molar-refractivity contribution in [3.8, 4) is 0 Å². The Labute approximate surface area is 548 Å². The van der Waals surface area contributed by atoms with E-state index in [4.69, 9.17) is 15.2 Å². The Morgan fingerprint density at radius 3 is 1.61 bits per heavy atom. The van der Waals surface area contributed by atoms with Crippen molar-refractivity contribution in [3.05, 3.63) is 71.8 Å². The van der Waals surface area contributed by atoms with Crippen molar-refractivity contribution >= 4 is 76.9 Å². The van der Waals surface area contributed by atoms with Gasteiger partial charge in [0.15, 0.2) is 0 Å². The Morgan fingerprint density at radius 1 is 0.628 bits per heavy atom. The van der Waals surface area contributed by atoms with E-state index in [0.717, 1.165) is 5.56 Å². The highest BCUT2D eigenvalue weighted by Crippen LogP contribution is 2.46. The van der Waals surface area contributed by atoms with Crippen molar-refractivity contribution in [2.45, 2.75) is 199 Å². The van der Waals surface area contributed by atoms with E-state index in [1.54, 1.807) is 92.8 Å². The molecule has 0 bridgehead atoms. The molecule has 1 aliphatic heterocycles. The molecule has 94 heavy (non-hydrogen) atoms. The minimum atomic E-state index is -1.84. The number of hydrogen-bond donors (Lipinski definition) is 14. The van der Waals surface area contributed by atoms with E-state index >= 15 is 0 Å². The average Bonchev–Trinajstić information content (AvgIpc) is 1.58. The number of ether oxygens (including phenoxy) is 2. The van der Waals surface area contributed by atoms with Crippen molar-refractivity contribution in [1.82, 2.24) is 58.5 Å². The van der Waals surface area contributed by atoms with Gasteiger partial charge in [0, 0.05) is 6.42 Å². The van der Waals surface area contributed by atoms with Gasteiger partial charge in [-0.15, -0.1) is 0 Å². The van der Waals surface area contributed by atoms with Gasteiger partial charge in [-0.05, 0) is 93.9 Å². The van der Waals surface area contributed by atoms with Crippen LogP contribution in [0.4, 0.5) is 0 Å². The van der Waals surface area contributed by atoms with Crippen LogP contribution in [0.5, 0.6) is 0 Å². The summed E-state index contributed by atoms with van der Waals surface area (Å²) in [7, 11) is 1.60. The molecule has 1 aliphatic carbocycles. The number of nitrogens with two attached hydrogens (primary N) is 1. The lowest BCUT2D eigenvalue weighted by molar-refractivity contribution is -0.157. The molecular formula is C65H98N12O17.